The van der Waals surface area contributed by atoms with Gasteiger partial charge in [-0.2, -0.15) is 13.2 Å². The number of carbonyl (C=O) groups is 2. The van der Waals surface area contributed by atoms with Gasteiger partial charge in [0.15, 0.2) is 11.0 Å². The Morgan fingerprint density at radius 1 is 1.37 bits per heavy atom. The average Bonchev–Trinajstić information content (AvgIpc) is 3.37. The summed E-state index contributed by atoms with van der Waals surface area (Å²) in [5, 5.41) is 12.1. The maximum Gasteiger partial charge on any atom is 0.410 e. The molecule has 2 fully saturated rings. The fourth-order valence-corrected chi connectivity index (χ4v) is 3.03. The highest BCUT2D eigenvalue weighted by Gasteiger charge is 2.49. The predicted octanol–water partition coefficient (Wildman–Crippen LogP) is 3.29. The molecule has 3 rings (SSSR count). The molecule has 3 amide bonds. The van der Waals surface area contributed by atoms with Gasteiger partial charge in [0.1, 0.15) is 6.04 Å². The minimum Gasteiger partial charge on any atom is -0.376 e. The Kier molecular flexibility index (Phi) is 6.15. The van der Waals surface area contributed by atoms with Crippen molar-refractivity contribution in [2.75, 3.05) is 18.5 Å². The number of anilines is 1. The minimum atomic E-state index is -4.58. The van der Waals surface area contributed by atoms with E-state index in [0.29, 0.717) is 0 Å². The highest BCUT2D eigenvalue weighted by atomic mass is 35.5. The van der Waals surface area contributed by atoms with E-state index in [1.807, 2.05) is 5.32 Å². The van der Waals surface area contributed by atoms with E-state index < -0.39 is 36.3 Å². The molecule has 0 radical (unpaired) electrons. The molecule has 0 spiro atoms. The van der Waals surface area contributed by atoms with Crippen molar-refractivity contribution in [3.05, 3.63) is 16.8 Å². The Hall–Kier alpha value is -2.14. The number of nitrogens with one attached hydrogen (secondary N) is 2. The smallest absolute Gasteiger partial charge is 0.376 e. The van der Waals surface area contributed by atoms with Crippen molar-refractivity contribution >= 4 is 29.4 Å². The van der Waals surface area contributed by atoms with Crippen molar-refractivity contribution in [1.82, 2.24) is 20.4 Å². The van der Waals surface area contributed by atoms with Gasteiger partial charge in [0.25, 0.3) is 0 Å². The van der Waals surface area contributed by atoms with E-state index >= 15 is 0 Å². The third kappa shape index (κ3) is 5.31. The van der Waals surface area contributed by atoms with Gasteiger partial charge in [-0.15, -0.1) is 10.2 Å². The molecule has 1 saturated heterocycles. The summed E-state index contributed by atoms with van der Waals surface area (Å²) in [6.07, 6.45) is -2.89. The summed E-state index contributed by atoms with van der Waals surface area (Å²) in [5.74, 6) is -0.246. The first-order valence-electron chi connectivity index (χ1n) is 9.46. The van der Waals surface area contributed by atoms with Crippen LogP contribution in [0, 0.1) is 5.41 Å². The molecular weight excluding hydrogens is 427 g/mol. The predicted molar refractivity (Wildman–Crippen MR) is 102 cm³/mol. The Balaban J connectivity index is 1.89. The number of nitrogens with zero attached hydrogens (tertiary/aromatic N) is 3. The molecule has 1 aromatic heterocycles. The Labute approximate surface area is 176 Å². The first-order chi connectivity index (χ1) is 13.9. The van der Waals surface area contributed by atoms with Crippen LogP contribution in [0.15, 0.2) is 6.07 Å². The maximum atomic E-state index is 13.1. The number of ether oxygens (including phenoxy) is 1. The highest BCUT2D eigenvalue weighted by Crippen LogP contribution is 2.35. The van der Waals surface area contributed by atoms with E-state index in [9.17, 15) is 22.8 Å². The summed E-state index contributed by atoms with van der Waals surface area (Å²) in [7, 11) is 0. The third-order valence-corrected chi connectivity index (χ3v) is 5.07. The van der Waals surface area contributed by atoms with E-state index in [1.54, 1.807) is 20.8 Å². The van der Waals surface area contributed by atoms with Crippen LogP contribution in [0.5, 0.6) is 0 Å². The number of alkyl halides is 3. The van der Waals surface area contributed by atoms with E-state index in [2.05, 4.69) is 15.5 Å². The topological polar surface area (TPSA) is 96.5 Å². The number of urea groups is 1. The fourth-order valence-electron chi connectivity index (χ4n) is 2.81. The van der Waals surface area contributed by atoms with Crippen molar-refractivity contribution in [2.45, 2.75) is 58.0 Å². The highest BCUT2D eigenvalue weighted by molar-refractivity contribution is 6.30. The lowest BCUT2D eigenvalue weighted by atomic mass is 9.96. The normalized spacial score (nSPS) is 20.8. The lowest BCUT2D eigenvalue weighted by Gasteiger charge is -2.28. The summed E-state index contributed by atoms with van der Waals surface area (Å²) in [4.78, 5) is 25.6. The van der Waals surface area contributed by atoms with Crippen LogP contribution in [0.2, 0.25) is 5.15 Å². The first kappa shape index (κ1) is 22.5. The molecule has 2 N–H and O–H groups in total. The van der Waals surface area contributed by atoms with Crippen LogP contribution >= 0.6 is 11.6 Å². The number of amides is 3. The van der Waals surface area contributed by atoms with Crippen LogP contribution in [-0.2, 0) is 9.53 Å². The zero-order valence-electron chi connectivity index (χ0n) is 16.7. The SMILES string of the molecule is CC(C)(C)C(=O)Nc1cc(C(COC2CC2)N2C[C@@H](C(F)(F)F)NC2=O)c(Cl)nn1. The molecule has 2 aliphatic rings. The van der Waals surface area contributed by atoms with Gasteiger partial charge >= 0.3 is 12.2 Å². The monoisotopic (exact) mass is 449 g/mol. The molecule has 8 nitrogen and oxygen atoms in total. The van der Waals surface area contributed by atoms with Gasteiger partial charge in [-0.3, -0.25) is 4.79 Å². The summed E-state index contributed by atoms with van der Waals surface area (Å²) < 4.78 is 45.1. The Bertz CT molecular complexity index is 826. The number of aromatic nitrogens is 2. The summed E-state index contributed by atoms with van der Waals surface area (Å²) in [6, 6.07) is -2.39. The van der Waals surface area contributed by atoms with Crippen LogP contribution in [0.3, 0.4) is 0 Å². The maximum absolute atomic E-state index is 13.1. The zero-order chi connectivity index (χ0) is 22.3. The number of hydrogen-bond acceptors (Lipinski definition) is 5. The number of hydrogen-bond donors (Lipinski definition) is 2. The summed E-state index contributed by atoms with van der Waals surface area (Å²) >= 11 is 6.18. The fraction of sp³-hybridized carbons (Fsp3) is 0.667. The van der Waals surface area contributed by atoms with Gasteiger partial charge in [0.2, 0.25) is 5.91 Å². The van der Waals surface area contributed by atoms with Crippen molar-refractivity contribution in [3.63, 3.8) is 0 Å². The molecule has 2 atom stereocenters. The third-order valence-electron chi connectivity index (χ3n) is 4.78. The molecule has 1 aliphatic heterocycles. The number of halogens is 4. The molecule has 166 valence electrons. The standard InChI is InChI=1S/C18H23ClF3N5O3/c1-17(2,3)15(28)24-13-6-10(14(19)26-25-13)11(8-30-9-4-5-9)27-7-12(18(20,21)22)23-16(27)29/h6,9,11-12H,4-5,7-8H2,1-3H3,(H,23,29)(H,24,25,28)/t11?,12-/m0/s1. The molecule has 2 heterocycles. The van der Waals surface area contributed by atoms with Crippen molar-refractivity contribution in [3.8, 4) is 0 Å². The molecule has 1 aromatic rings. The molecule has 1 saturated carbocycles. The first-order valence-corrected chi connectivity index (χ1v) is 9.84. The van der Waals surface area contributed by atoms with Crippen LogP contribution in [0.1, 0.15) is 45.2 Å². The lowest BCUT2D eigenvalue weighted by molar-refractivity contribution is -0.150. The number of rotatable bonds is 6. The summed E-state index contributed by atoms with van der Waals surface area (Å²) in [6.45, 7) is 4.49. The van der Waals surface area contributed by atoms with Gasteiger partial charge in [0, 0.05) is 11.0 Å². The van der Waals surface area contributed by atoms with Crippen LogP contribution < -0.4 is 10.6 Å². The second-order valence-electron chi connectivity index (χ2n) is 8.42. The zero-order valence-corrected chi connectivity index (χ0v) is 17.5. The lowest BCUT2D eigenvalue weighted by Crippen LogP contribution is -2.40. The van der Waals surface area contributed by atoms with Gasteiger partial charge in [0.05, 0.1) is 25.3 Å². The summed E-state index contributed by atoms with van der Waals surface area (Å²) in [5.41, 5.74) is -0.459. The Morgan fingerprint density at radius 2 is 2.03 bits per heavy atom. The van der Waals surface area contributed by atoms with Gasteiger partial charge < -0.3 is 20.3 Å². The number of carbonyl (C=O) groups excluding carboxylic acids is 2. The molecule has 30 heavy (non-hydrogen) atoms. The van der Waals surface area contributed by atoms with Gasteiger partial charge in [-0.1, -0.05) is 32.4 Å². The van der Waals surface area contributed by atoms with Crippen molar-refractivity contribution < 1.29 is 27.5 Å². The quantitative estimate of drug-likeness (QED) is 0.694. The van der Waals surface area contributed by atoms with Crippen LogP contribution in [-0.4, -0.2) is 58.5 Å². The van der Waals surface area contributed by atoms with Crippen LogP contribution in [0.25, 0.3) is 0 Å². The molecule has 1 unspecified atom stereocenters. The molecule has 1 aliphatic carbocycles. The van der Waals surface area contributed by atoms with Gasteiger partial charge in [-0.05, 0) is 18.9 Å². The second-order valence-corrected chi connectivity index (χ2v) is 8.78. The molecule has 12 heteroatoms. The largest absolute Gasteiger partial charge is 0.410 e. The second kappa shape index (κ2) is 8.18. The average molecular weight is 450 g/mol. The molecule has 0 bridgehead atoms. The van der Waals surface area contributed by atoms with Crippen molar-refractivity contribution in [1.29, 1.82) is 0 Å². The van der Waals surface area contributed by atoms with Gasteiger partial charge in [-0.25, -0.2) is 4.79 Å². The van der Waals surface area contributed by atoms with E-state index in [1.165, 1.54) is 6.07 Å². The van der Waals surface area contributed by atoms with E-state index in [0.717, 1.165) is 17.7 Å². The minimum absolute atomic E-state index is 0.00483. The molecular formula is C18H23ClF3N5O3. The molecule has 0 aromatic carbocycles. The van der Waals surface area contributed by atoms with Crippen LogP contribution in [0.4, 0.5) is 23.8 Å². The Morgan fingerprint density at radius 3 is 2.57 bits per heavy atom. The van der Waals surface area contributed by atoms with E-state index in [-0.39, 0.29) is 35.2 Å². The van der Waals surface area contributed by atoms with Crippen molar-refractivity contribution in [2.24, 2.45) is 5.41 Å². The van der Waals surface area contributed by atoms with E-state index in [4.69, 9.17) is 16.3 Å².